The number of aromatic hydroxyl groups is 1. The van der Waals surface area contributed by atoms with Gasteiger partial charge in [0.15, 0.2) is 0 Å². The molecular formula is C16H15NO2S. The van der Waals surface area contributed by atoms with E-state index in [4.69, 9.17) is 0 Å². The summed E-state index contributed by atoms with van der Waals surface area (Å²) in [6.07, 6.45) is 2.27. The number of allylic oxidation sites excluding steroid dienone is 1. The van der Waals surface area contributed by atoms with E-state index in [1.165, 1.54) is 6.07 Å². The van der Waals surface area contributed by atoms with E-state index >= 15 is 0 Å². The highest BCUT2D eigenvalue weighted by Gasteiger charge is 2.09. The quantitative estimate of drug-likeness (QED) is 0.593. The van der Waals surface area contributed by atoms with Gasteiger partial charge in [0.25, 0.3) is 5.91 Å². The fourth-order valence-corrected chi connectivity index (χ4v) is 1.93. The lowest BCUT2D eigenvalue weighted by Gasteiger charge is -2.07. The van der Waals surface area contributed by atoms with E-state index in [0.29, 0.717) is 17.7 Å². The number of carbonyl (C=O) groups excluding carboxylic acids is 1. The van der Waals surface area contributed by atoms with Gasteiger partial charge in [-0.05, 0) is 48.4 Å². The number of benzene rings is 2. The smallest absolute Gasteiger partial charge is 0.255 e. The second-order valence-electron chi connectivity index (χ2n) is 4.34. The largest absolute Gasteiger partial charge is 0.508 e. The van der Waals surface area contributed by atoms with Gasteiger partial charge in [0, 0.05) is 16.1 Å². The number of thiol groups is 1. The van der Waals surface area contributed by atoms with Crippen LogP contribution in [0.15, 0.2) is 60.0 Å². The van der Waals surface area contributed by atoms with Crippen molar-refractivity contribution in [3.8, 4) is 5.75 Å². The molecule has 0 aliphatic rings. The Morgan fingerprint density at radius 1 is 1.25 bits per heavy atom. The van der Waals surface area contributed by atoms with Crippen molar-refractivity contribution in [2.75, 3.05) is 5.32 Å². The maximum absolute atomic E-state index is 12.1. The topological polar surface area (TPSA) is 49.3 Å². The van der Waals surface area contributed by atoms with E-state index in [2.05, 4.69) is 24.5 Å². The molecule has 2 aromatic rings. The Bertz CT molecular complexity index is 635. The highest BCUT2D eigenvalue weighted by Crippen LogP contribution is 2.21. The van der Waals surface area contributed by atoms with Crippen molar-refractivity contribution in [1.82, 2.24) is 0 Å². The standard InChI is InChI=1S/C16H15NO2S/c1-2-3-11-4-5-12(10-15(11)18)16(19)17-13-6-8-14(20)9-7-13/h2,4-10,18,20H,1,3H2,(H,17,19). The summed E-state index contributed by atoms with van der Waals surface area (Å²) in [4.78, 5) is 12.9. The van der Waals surface area contributed by atoms with Gasteiger partial charge in [-0.2, -0.15) is 0 Å². The molecule has 4 heteroatoms. The van der Waals surface area contributed by atoms with Crippen LogP contribution < -0.4 is 5.32 Å². The average Bonchev–Trinajstić information content (AvgIpc) is 2.44. The number of anilines is 1. The fraction of sp³-hybridized carbons (Fsp3) is 0.0625. The Labute approximate surface area is 123 Å². The molecule has 20 heavy (non-hydrogen) atoms. The number of nitrogens with one attached hydrogen (secondary N) is 1. The minimum atomic E-state index is -0.266. The van der Waals surface area contributed by atoms with Crippen molar-refractivity contribution in [3.63, 3.8) is 0 Å². The molecule has 0 bridgehead atoms. The monoisotopic (exact) mass is 285 g/mol. The first-order chi connectivity index (χ1) is 9.60. The maximum Gasteiger partial charge on any atom is 0.255 e. The van der Waals surface area contributed by atoms with Crippen LogP contribution in [-0.4, -0.2) is 11.0 Å². The zero-order valence-electron chi connectivity index (χ0n) is 10.8. The molecule has 0 radical (unpaired) electrons. The number of rotatable bonds is 4. The van der Waals surface area contributed by atoms with Crippen LogP contribution in [0, 0.1) is 0 Å². The lowest BCUT2D eigenvalue weighted by Crippen LogP contribution is -2.11. The molecule has 0 atom stereocenters. The van der Waals surface area contributed by atoms with Gasteiger partial charge < -0.3 is 10.4 Å². The zero-order valence-corrected chi connectivity index (χ0v) is 11.7. The normalized spacial score (nSPS) is 10.1. The molecule has 1 amide bonds. The number of phenols is 1. The van der Waals surface area contributed by atoms with E-state index in [-0.39, 0.29) is 11.7 Å². The highest BCUT2D eigenvalue weighted by molar-refractivity contribution is 7.80. The van der Waals surface area contributed by atoms with Gasteiger partial charge in [0.1, 0.15) is 5.75 Å². The van der Waals surface area contributed by atoms with Gasteiger partial charge in [0.2, 0.25) is 0 Å². The predicted molar refractivity (Wildman–Crippen MR) is 83.7 cm³/mol. The molecule has 0 spiro atoms. The zero-order chi connectivity index (χ0) is 14.5. The highest BCUT2D eigenvalue weighted by atomic mass is 32.1. The summed E-state index contributed by atoms with van der Waals surface area (Å²) in [6.45, 7) is 3.62. The number of hydrogen-bond acceptors (Lipinski definition) is 3. The summed E-state index contributed by atoms with van der Waals surface area (Å²) >= 11 is 4.18. The van der Waals surface area contributed by atoms with Crippen LogP contribution in [0.3, 0.4) is 0 Å². The van der Waals surface area contributed by atoms with Gasteiger partial charge >= 0.3 is 0 Å². The van der Waals surface area contributed by atoms with Crippen LogP contribution >= 0.6 is 12.6 Å². The molecule has 0 saturated heterocycles. The predicted octanol–water partition coefficient (Wildman–Crippen LogP) is 3.66. The SMILES string of the molecule is C=CCc1ccc(C(=O)Nc2ccc(S)cc2)cc1O. The minimum absolute atomic E-state index is 0.100. The van der Waals surface area contributed by atoms with Crippen molar-refractivity contribution >= 4 is 24.2 Å². The molecule has 3 nitrogen and oxygen atoms in total. The van der Waals surface area contributed by atoms with Crippen LogP contribution in [0.5, 0.6) is 5.75 Å². The summed E-state index contributed by atoms with van der Waals surface area (Å²) in [5.74, 6) is -0.166. The maximum atomic E-state index is 12.1. The van der Waals surface area contributed by atoms with Crippen LogP contribution in [-0.2, 0) is 6.42 Å². The molecular weight excluding hydrogens is 270 g/mol. The van der Waals surface area contributed by atoms with Crippen LogP contribution in [0.4, 0.5) is 5.69 Å². The molecule has 102 valence electrons. The van der Waals surface area contributed by atoms with E-state index in [1.54, 1.807) is 42.5 Å². The number of amides is 1. The summed E-state index contributed by atoms with van der Waals surface area (Å²) in [7, 11) is 0. The number of hydrogen-bond donors (Lipinski definition) is 3. The first-order valence-corrected chi connectivity index (χ1v) is 6.58. The molecule has 0 heterocycles. The molecule has 0 saturated carbocycles. The second kappa shape index (κ2) is 6.30. The van der Waals surface area contributed by atoms with Crippen LogP contribution in [0.25, 0.3) is 0 Å². The van der Waals surface area contributed by atoms with E-state index in [0.717, 1.165) is 10.5 Å². The Morgan fingerprint density at radius 2 is 1.95 bits per heavy atom. The number of phenolic OH excluding ortho intramolecular Hbond substituents is 1. The van der Waals surface area contributed by atoms with Crippen molar-refractivity contribution < 1.29 is 9.90 Å². The minimum Gasteiger partial charge on any atom is -0.508 e. The lowest BCUT2D eigenvalue weighted by molar-refractivity contribution is 0.102. The molecule has 0 unspecified atom stereocenters. The lowest BCUT2D eigenvalue weighted by atomic mass is 10.1. The number of carbonyl (C=O) groups is 1. The Morgan fingerprint density at radius 3 is 2.55 bits per heavy atom. The summed E-state index contributed by atoms with van der Waals surface area (Å²) in [5.41, 5.74) is 1.84. The van der Waals surface area contributed by atoms with Crippen LogP contribution in [0.2, 0.25) is 0 Å². The average molecular weight is 285 g/mol. The fourth-order valence-electron chi connectivity index (χ4n) is 1.78. The van der Waals surface area contributed by atoms with Gasteiger partial charge in [-0.3, -0.25) is 4.79 Å². The van der Waals surface area contributed by atoms with Gasteiger partial charge in [-0.1, -0.05) is 12.1 Å². The Balaban J connectivity index is 2.15. The molecule has 0 aliphatic heterocycles. The molecule has 2 rings (SSSR count). The Kier molecular flexibility index (Phi) is 4.48. The molecule has 0 fully saturated rings. The van der Waals surface area contributed by atoms with E-state index in [9.17, 15) is 9.90 Å². The van der Waals surface area contributed by atoms with Gasteiger partial charge in [0.05, 0.1) is 0 Å². The Hall–Kier alpha value is -2.20. The second-order valence-corrected chi connectivity index (χ2v) is 4.85. The van der Waals surface area contributed by atoms with Gasteiger partial charge in [-0.25, -0.2) is 0 Å². The van der Waals surface area contributed by atoms with Crippen molar-refractivity contribution in [1.29, 1.82) is 0 Å². The third-order valence-corrected chi connectivity index (χ3v) is 3.14. The third-order valence-electron chi connectivity index (χ3n) is 2.84. The molecule has 0 aromatic heterocycles. The molecule has 2 aromatic carbocycles. The first-order valence-electron chi connectivity index (χ1n) is 6.13. The summed E-state index contributed by atoms with van der Waals surface area (Å²) in [6, 6.07) is 12.0. The summed E-state index contributed by atoms with van der Waals surface area (Å²) in [5, 5.41) is 12.6. The van der Waals surface area contributed by atoms with Gasteiger partial charge in [-0.15, -0.1) is 19.2 Å². The van der Waals surface area contributed by atoms with Crippen molar-refractivity contribution in [3.05, 3.63) is 66.2 Å². The van der Waals surface area contributed by atoms with E-state index < -0.39 is 0 Å². The third kappa shape index (κ3) is 3.42. The van der Waals surface area contributed by atoms with Crippen molar-refractivity contribution in [2.45, 2.75) is 11.3 Å². The summed E-state index contributed by atoms with van der Waals surface area (Å²) < 4.78 is 0. The van der Waals surface area contributed by atoms with Crippen LogP contribution in [0.1, 0.15) is 15.9 Å². The first kappa shape index (κ1) is 14.2. The van der Waals surface area contributed by atoms with Crippen molar-refractivity contribution in [2.24, 2.45) is 0 Å². The molecule has 0 aliphatic carbocycles. The molecule has 2 N–H and O–H groups in total. The van der Waals surface area contributed by atoms with E-state index in [1.807, 2.05) is 0 Å².